The molecule has 1 N–H and O–H groups in total. The lowest BCUT2D eigenvalue weighted by atomic mass is 10.0. The smallest absolute Gasteiger partial charge is 0.229 e. The first-order valence-electron chi connectivity index (χ1n) is 6.51. The monoisotopic (exact) mass is 255 g/mol. The largest absolute Gasteiger partial charge is 0.493 e. The first kappa shape index (κ1) is 12.0. The lowest BCUT2D eigenvalue weighted by Crippen LogP contribution is -2.31. The molecule has 0 bridgehead atoms. The fourth-order valence-electron chi connectivity index (χ4n) is 2.41. The number of aryl methyl sites for hydroxylation is 1. The molecular formula is C15H17N3O. The molecule has 1 aliphatic heterocycles. The van der Waals surface area contributed by atoms with Crippen molar-refractivity contribution in [2.24, 2.45) is 0 Å². The summed E-state index contributed by atoms with van der Waals surface area (Å²) >= 11 is 0. The summed E-state index contributed by atoms with van der Waals surface area (Å²) in [7, 11) is 0. The van der Waals surface area contributed by atoms with Gasteiger partial charge in [-0.25, -0.2) is 4.98 Å². The van der Waals surface area contributed by atoms with Crippen molar-refractivity contribution in [3.63, 3.8) is 0 Å². The maximum Gasteiger partial charge on any atom is 0.229 e. The molecular weight excluding hydrogens is 238 g/mol. The summed E-state index contributed by atoms with van der Waals surface area (Å²) in [6, 6.07) is 8.45. The Bertz CT molecular complexity index is 602. The van der Waals surface area contributed by atoms with Gasteiger partial charge in [-0.3, -0.25) is 0 Å². The summed E-state index contributed by atoms with van der Waals surface area (Å²) in [5.41, 5.74) is 4.30. The molecule has 0 unspecified atom stereocenters. The van der Waals surface area contributed by atoms with E-state index in [1.807, 2.05) is 13.8 Å². The Labute approximate surface area is 112 Å². The molecule has 0 saturated heterocycles. The molecule has 1 aromatic heterocycles. The molecule has 0 spiro atoms. The topological polar surface area (TPSA) is 49.2 Å². The van der Waals surface area contributed by atoms with Gasteiger partial charge in [-0.05, 0) is 31.4 Å². The number of aromatic nitrogens is 2. The third-order valence-corrected chi connectivity index (χ3v) is 3.77. The fourth-order valence-corrected chi connectivity index (χ4v) is 2.41. The second-order valence-electron chi connectivity index (χ2n) is 5.00. The van der Waals surface area contributed by atoms with Gasteiger partial charge in [0.15, 0.2) is 0 Å². The van der Waals surface area contributed by atoms with E-state index in [2.05, 4.69) is 39.1 Å². The maximum absolute atomic E-state index is 9.83. The van der Waals surface area contributed by atoms with Crippen LogP contribution in [0.4, 0.5) is 5.95 Å². The van der Waals surface area contributed by atoms with Crippen molar-refractivity contribution < 1.29 is 5.11 Å². The average Bonchev–Trinajstić information content (AvgIpc) is 2.43. The minimum absolute atomic E-state index is 0.0846. The Kier molecular flexibility index (Phi) is 2.85. The van der Waals surface area contributed by atoms with E-state index in [0.717, 1.165) is 30.8 Å². The van der Waals surface area contributed by atoms with E-state index < -0.39 is 0 Å². The number of anilines is 1. The molecule has 1 aliphatic rings. The normalized spacial score (nSPS) is 14.3. The Hall–Kier alpha value is -2.10. The summed E-state index contributed by atoms with van der Waals surface area (Å²) in [4.78, 5) is 10.8. The van der Waals surface area contributed by atoms with Crippen LogP contribution in [0, 0.1) is 13.8 Å². The van der Waals surface area contributed by atoms with Gasteiger partial charge >= 0.3 is 0 Å². The summed E-state index contributed by atoms with van der Waals surface area (Å²) < 4.78 is 0. The van der Waals surface area contributed by atoms with E-state index >= 15 is 0 Å². The van der Waals surface area contributed by atoms with Gasteiger partial charge in [0.2, 0.25) is 11.8 Å². The van der Waals surface area contributed by atoms with Crippen LogP contribution in [0.1, 0.15) is 22.4 Å². The molecule has 0 aliphatic carbocycles. The van der Waals surface area contributed by atoms with Crippen molar-refractivity contribution in [3.8, 4) is 5.88 Å². The van der Waals surface area contributed by atoms with Crippen molar-refractivity contribution in [1.82, 2.24) is 9.97 Å². The predicted octanol–water partition coefficient (Wildman–Crippen LogP) is 2.36. The van der Waals surface area contributed by atoms with Gasteiger partial charge < -0.3 is 10.0 Å². The Morgan fingerprint density at radius 3 is 2.58 bits per heavy atom. The van der Waals surface area contributed by atoms with Crippen LogP contribution in [0.3, 0.4) is 0 Å². The highest BCUT2D eigenvalue weighted by molar-refractivity contribution is 5.43. The van der Waals surface area contributed by atoms with E-state index in [-0.39, 0.29) is 5.88 Å². The predicted molar refractivity (Wildman–Crippen MR) is 74.4 cm³/mol. The maximum atomic E-state index is 9.83. The molecule has 1 aromatic carbocycles. The van der Waals surface area contributed by atoms with Crippen molar-refractivity contribution in [2.45, 2.75) is 26.8 Å². The standard InChI is InChI=1S/C15H17N3O/c1-10-11(2)16-15(17-14(10)19)18-8-7-12-5-3-4-6-13(12)9-18/h3-6H,7-9H2,1-2H3,(H,16,17,19). The minimum Gasteiger partial charge on any atom is -0.493 e. The van der Waals surface area contributed by atoms with Crippen LogP contribution in [0.2, 0.25) is 0 Å². The molecule has 19 heavy (non-hydrogen) atoms. The number of hydrogen-bond donors (Lipinski definition) is 1. The lowest BCUT2D eigenvalue weighted by Gasteiger charge is -2.29. The molecule has 0 fully saturated rings. The molecule has 0 radical (unpaired) electrons. The zero-order valence-corrected chi connectivity index (χ0v) is 11.2. The van der Waals surface area contributed by atoms with E-state index in [1.165, 1.54) is 11.1 Å². The van der Waals surface area contributed by atoms with Crippen molar-refractivity contribution in [2.75, 3.05) is 11.4 Å². The summed E-state index contributed by atoms with van der Waals surface area (Å²) in [5.74, 6) is 0.705. The highest BCUT2D eigenvalue weighted by atomic mass is 16.3. The first-order valence-corrected chi connectivity index (χ1v) is 6.51. The van der Waals surface area contributed by atoms with E-state index in [4.69, 9.17) is 0 Å². The number of hydrogen-bond acceptors (Lipinski definition) is 4. The van der Waals surface area contributed by atoms with Crippen LogP contribution in [-0.4, -0.2) is 21.6 Å². The molecule has 0 saturated carbocycles. The number of benzene rings is 1. The second-order valence-corrected chi connectivity index (χ2v) is 5.00. The van der Waals surface area contributed by atoms with Gasteiger partial charge in [-0.2, -0.15) is 4.98 Å². The van der Waals surface area contributed by atoms with E-state index in [1.54, 1.807) is 0 Å². The Morgan fingerprint density at radius 1 is 1.11 bits per heavy atom. The lowest BCUT2D eigenvalue weighted by molar-refractivity contribution is 0.445. The van der Waals surface area contributed by atoms with Crippen molar-refractivity contribution in [1.29, 1.82) is 0 Å². The van der Waals surface area contributed by atoms with Crippen molar-refractivity contribution >= 4 is 5.95 Å². The molecule has 98 valence electrons. The van der Waals surface area contributed by atoms with Gasteiger partial charge in [0.05, 0.1) is 0 Å². The van der Waals surface area contributed by atoms with Gasteiger partial charge in [0, 0.05) is 24.3 Å². The molecule has 0 amide bonds. The molecule has 2 aromatic rings. The van der Waals surface area contributed by atoms with Crippen LogP contribution in [0.5, 0.6) is 5.88 Å². The first-order chi connectivity index (χ1) is 9.15. The van der Waals surface area contributed by atoms with Crippen molar-refractivity contribution in [3.05, 3.63) is 46.6 Å². The van der Waals surface area contributed by atoms with Gasteiger partial charge in [-0.15, -0.1) is 0 Å². The number of aromatic hydroxyl groups is 1. The second kappa shape index (κ2) is 4.53. The third kappa shape index (κ3) is 2.14. The average molecular weight is 255 g/mol. The van der Waals surface area contributed by atoms with Crippen LogP contribution in [0.25, 0.3) is 0 Å². The van der Waals surface area contributed by atoms with Gasteiger partial charge in [-0.1, -0.05) is 24.3 Å². The molecule has 2 heterocycles. The SMILES string of the molecule is Cc1nc(N2CCc3ccccc3C2)nc(O)c1C. The molecule has 4 nitrogen and oxygen atoms in total. The summed E-state index contributed by atoms with van der Waals surface area (Å²) in [6.45, 7) is 5.43. The van der Waals surface area contributed by atoms with Crippen LogP contribution in [-0.2, 0) is 13.0 Å². The number of nitrogens with zero attached hydrogens (tertiary/aromatic N) is 3. The van der Waals surface area contributed by atoms with E-state index in [0.29, 0.717) is 5.95 Å². The van der Waals surface area contributed by atoms with Crippen LogP contribution >= 0.6 is 0 Å². The number of rotatable bonds is 1. The summed E-state index contributed by atoms with van der Waals surface area (Å²) in [5, 5.41) is 9.83. The Balaban J connectivity index is 1.93. The zero-order chi connectivity index (χ0) is 13.4. The highest BCUT2D eigenvalue weighted by Crippen LogP contribution is 2.25. The minimum atomic E-state index is 0.0846. The zero-order valence-electron chi connectivity index (χ0n) is 11.2. The van der Waals surface area contributed by atoms with Crippen LogP contribution in [0.15, 0.2) is 24.3 Å². The molecule has 0 atom stereocenters. The van der Waals surface area contributed by atoms with Crippen LogP contribution < -0.4 is 4.90 Å². The molecule has 3 rings (SSSR count). The highest BCUT2D eigenvalue weighted by Gasteiger charge is 2.19. The summed E-state index contributed by atoms with van der Waals surface area (Å²) in [6.07, 6.45) is 0.993. The van der Waals surface area contributed by atoms with E-state index in [9.17, 15) is 5.11 Å². The number of fused-ring (bicyclic) bond motifs is 1. The van der Waals surface area contributed by atoms with Gasteiger partial charge in [0.1, 0.15) is 0 Å². The third-order valence-electron chi connectivity index (χ3n) is 3.77. The quantitative estimate of drug-likeness (QED) is 0.850. The Morgan fingerprint density at radius 2 is 1.84 bits per heavy atom. The molecule has 4 heteroatoms. The fraction of sp³-hybridized carbons (Fsp3) is 0.333. The van der Waals surface area contributed by atoms with Gasteiger partial charge in [0.25, 0.3) is 0 Å².